The number of anilines is 2. The maximum atomic E-state index is 5.96. The molecule has 2 aromatic rings. The summed E-state index contributed by atoms with van der Waals surface area (Å²) >= 11 is 0. The van der Waals surface area contributed by atoms with Crippen molar-refractivity contribution in [1.82, 2.24) is 10.3 Å². The van der Waals surface area contributed by atoms with Crippen molar-refractivity contribution in [2.24, 2.45) is 0 Å². The number of nitrogen functional groups attached to an aromatic ring is 1. The zero-order valence-corrected chi connectivity index (χ0v) is 9.69. The molecule has 1 aliphatic rings. The molecule has 4 nitrogen and oxygen atoms in total. The predicted molar refractivity (Wildman–Crippen MR) is 71.2 cm³/mol. The first-order valence-electron chi connectivity index (χ1n) is 5.95. The van der Waals surface area contributed by atoms with Gasteiger partial charge in [0.05, 0.1) is 11.9 Å². The Morgan fingerprint density at radius 2 is 1.82 bits per heavy atom. The minimum absolute atomic E-state index is 0.750. The van der Waals surface area contributed by atoms with Gasteiger partial charge in [0.15, 0.2) is 0 Å². The van der Waals surface area contributed by atoms with Gasteiger partial charge in [-0.15, -0.1) is 0 Å². The minimum Gasteiger partial charge on any atom is -0.397 e. The van der Waals surface area contributed by atoms with Crippen LogP contribution in [0.25, 0.3) is 10.8 Å². The van der Waals surface area contributed by atoms with Gasteiger partial charge in [-0.2, -0.15) is 0 Å². The molecule has 0 radical (unpaired) electrons. The smallest absolute Gasteiger partial charge is 0.136 e. The molecule has 0 spiro atoms. The van der Waals surface area contributed by atoms with Crippen LogP contribution in [0, 0.1) is 0 Å². The molecular weight excluding hydrogens is 212 g/mol. The van der Waals surface area contributed by atoms with Gasteiger partial charge in [-0.3, -0.25) is 0 Å². The van der Waals surface area contributed by atoms with Crippen LogP contribution in [0.3, 0.4) is 0 Å². The summed E-state index contributed by atoms with van der Waals surface area (Å²) in [7, 11) is 0. The monoisotopic (exact) mass is 228 g/mol. The van der Waals surface area contributed by atoms with E-state index in [1.807, 2.05) is 12.1 Å². The Labute approximate surface area is 100 Å². The lowest BCUT2D eigenvalue weighted by Crippen LogP contribution is -2.44. The maximum absolute atomic E-state index is 5.96. The number of fused-ring (bicyclic) bond motifs is 1. The lowest BCUT2D eigenvalue weighted by atomic mass is 10.1. The lowest BCUT2D eigenvalue weighted by molar-refractivity contribution is 0.586. The molecular formula is C13H16N4. The van der Waals surface area contributed by atoms with E-state index >= 15 is 0 Å². The summed E-state index contributed by atoms with van der Waals surface area (Å²) in [4.78, 5) is 6.82. The average molecular weight is 228 g/mol. The summed E-state index contributed by atoms with van der Waals surface area (Å²) in [5, 5.41) is 5.59. The first-order valence-corrected chi connectivity index (χ1v) is 5.95. The molecule has 3 N–H and O–H groups in total. The van der Waals surface area contributed by atoms with Crippen LogP contribution < -0.4 is 16.0 Å². The van der Waals surface area contributed by atoms with Crippen molar-refractivity contribution in [3.63, 3.8) is 0 Å². The molecule has 3 rings (SSSR count). The summed E-state index contributed by atoms with van der Waals surface area (Å²) in [6, 6.07) is 8.20. The van der Waals surface area contributed by atoms with Gasteiger partial charge < -0.3 is 16.0 Å². The van der Waals surface area contributed by atoms with Crippen molar-refractivity contribution in [2.45, 2.75) is 0 Å². The molecule has 1 fully saturated rings. The highest BCUT2D eigenvalue weighted by Gasteiger charge is 2.14. The molecule has 1 aliphatic heterocycles. The molecule has 17 heavy (non-hydrogen) atoms. The molecule has 0 saturated carbocycles. The third kappa shape index (κ3) is 1.80. The van der Waals surface area contributed by atoms with Gasteiger partial charge >= 0.3 is 0 Å². The van der Waals surface area contributed by atoms with Gasteiger partial charge in [0.25, 0.3) is 0 Å². The van der Waals surface area contributed by atoms with Crippen LogP contribution in [0.15, 0.2) is 30.5 Å². The highest BCUT2D eigenvalue weighted by atomic mass is 15.2. The fraction of sp³-hybridized carbons (Fsp3) is 0.308. The number of nitrogens with two attached hydrogens (primary N) is 1. The number of nitrogens with zero attached hydrogens (tertiary/aromatic N) is 2. The van der Waals surface area contributed by atoms with E-state index in [1.165, 1.54) is 0 Å². The number of hydrogen-bond donors (Lipinski definition) is 2. The Morgan fingerprint density at radius 3 is 2.59 bits per heavy atom. The number of rotatable bonds is 1. The van der Waals surface area contributed by atoms with Crippen molar-refractivity contribution in [2.75, 3.05) is 36.8 Å². The van der Waals surface area contributed by atoms with E-state index in [1.54, 1.807) is 6.20 Å². The SMILES string of the molecule is Nc1cnc(N2CCNCC2)c2ccccc12. The van der Waals surface area contributed by atoms with Crippen LogP contribution in [-0.4, -0.2) is 31.2 Å². The third-order valence-corrected chi connectivity index (χ3v) is 3.22. The third-order valence-electron chi connectivity index (χ3n) is 3.22. The Hall–Kier alpha value is -1.81. The molecule has 2 heterocycles. The Bertz CT molecular complexity index is 532. The van der Waals surface area contributed by atoms with E-state index in [0.29, 0.717) is 0 Å². The molecule has 1 aromatic heterocycles. The predicted octanol–water partition coefficient (Wildman–Crippen LogP) is 1.23. The van der Waals surface area contributed by atoms with Crippen molar-refractivity contribution in [1.29, 1.82) is 0 Å². The first kappa shape index (κ1) is 10.4. The van der Waals surface area contributed by atoms with Gasteiger partial charge in [0.1, 0.15) is 5.82 Å². The first-order chi connectivity index (χ1) is 8.36. The molecule has 0 aliphatic carbocycles. The number of hydrogen-bond acceptors (Lipinski definition) is 4. The molecule has 0 unspecified atom stereocenters. The summed E-state index contributed by atoms with van der Waals surface area (Å²) in [6.45, 7) is 4.03. The molecule has 1 saturated heterocycles. The summed E-state index contributed by atoms with van der Waals surface area (Å²) in [5.41, 5.74) is 6.71. The van der Waals surface area contributed by atoms with Crippen LogP contribution in [-0.2, 0) is 0 Å². The number of benzene rings is 1. The Morgan fingerprint density at radius 1 is 1.12 bits per heavy atom. The van der Waals surface area contributed by atoms with Crippen LogP contribution in [0.4, 0.5) is 11.5 Å². The van der Waals surface area contributed by atoms with Crippen LogP contribution >= 0.6 is 0 Å². The lowest BCUT2D eigenvalue weighted by Gasteiger charge is -2.29. The van der Waals surface area contributed by atoms with Crippen LogP contribution in [0.1, 0.15) is 0 Å². The second kappa shape index (κ2) is 4.22. The molecule has 0 atom stereocenters. The number of aromatic nitrogens is 1. The van der Waals surface area contributed by atoms with E-state index in [4.69, 9.17) is 5.73 Å². The molecule has 4 heteroatoms. The number of pyridine rings is 1. The van der Waals surface area contributed by atoms with Gasteiger partial charge in [0.2, 0.25) is 0 Å². The van der Waals surface area contributed by atoms with Crippen molar-refractivity contribution >= 4 is 22.3 Å². The van der Waals surface area contributed by atoms with Crippen LogP contribution in [0.5, 0.6) is 0 Å². The summed E-state index contributed by atoms with van der Waals surface area (Å²) < 4.78 is 0. The van der Waals surface area contributed by atoms with E-state index in [9.17, 15) is 0 Å². The van der Waals surface area contributed by atoms with E-state index < -0.39 is 0 Å². The quantitative estimate of drug-likeness (QED) is 0.770. The second-order valence-corrected chi connectivity index (χ2v) is 4.32. The Kier molecular flexibility index (Phi) is 2.57. The number of nitrogens with one attached hydrogen (secondary N) is 1. The zero-order chi connectivity index (χ0) is 11.7. The fourth-order valence-corrected chi connectivity index (χ4v) is 2.33. The van der Waals surface area contributed by atoms with E-state index in [2.05, 4.69) is 27.3 Å². The maximum Gasteiger partial charge on any atom is 0.136 e. The van der Waals surface area contributed by atoms with Gasteiger partial charge in [-0.1, -0.05) is 24.3 Å². The van der Waals surface area contributed by atoms with Gasteiger partial charge in [-0.25, -0.2) is 4.98 Å². The molecule has 1 aromatic carbocycles. The Balaban J connectivity index is 2.12. The standard InChI is InChI=1S/C13H16N4/c14-12-9-16-13(17-7-5-15-6-8-17)11-4-2-1-3-10(11)12/h1-4,9,15H,5-8,14H2. The summed E-state index contributed by atoms with van der Waals surface area (Å²) in [5.74, 6) is 1.05. The topological polar surface area (TPSA) is 54.2 Å². The summed E-state index contributed by atoms with van der Waals surface area (Å²) in [6.07, 6.45) is 1.76. The van der Waals surface area contributed by atoms with Crippen LogP contribution in [0.2, 0.25) is 0 Å². The highest BCUT2D eigenvalue weighted by Crippen LogP contribution is 2.28. The fourth-order valence-electron chi connectivity index (χ4n) is 2.33. The van der Waals surface area contributed by atoms with Crippen molar-refractivity contribution in [3.8, 4) is 0 Å². The minimum atomic E-state index is 0.750. The molecule has 88 valence electrons. The van der Waals surface area contributed by atoms with Gasteiger partial charge in [0, 0.05) is 37.0 Å². The van der Waals surface area contributed by atoms with E-state index in [-0.39, 0.29) is 0 Å². The number of piperazine rings is 1. The molecule has 0 bridgehead atoms. The van der Waals surface area contributed by atoms with Crippen molar-refractivity contribution in [3.05, 3.63) is 30.5 Å². The van der Waals surface area contributed by atoms with Gasteiger partial charge in [-0.05, 0) is 0 Å². The highest BCUT2D eigenvalue weighted by molar-refractivity contribution is 5.99. The second-order valence-electron chi connectivity index (χ2n) is 4.32. The largest absolute Gasteiger partial charge is 0.397 e. The van der Waals surface area contributed by atoms with Crippen molar-refractivity contribution < 1.29 is 0 Å². The average Bonchev–Trinajstić information content (AvgIpc) is 2.41. The van der Waals surface area contributed by atoms with E-state index in [0.717, 1.165) is 48.5 Å². The zero-order valence-electron chi connectivity index (χ0n) is 9.69. The normalized spacial score (nSPS) is 16.4. The molecule has 0 amide bonds.